The van der Waals surface area contributed by atoms with Crippen LogP contribution in [-0.2, 0) is 6.54 Å². The molecule has 1 unspecified atom stereocenters. The Labute approximate surface area is 124 Å². The molecule has 0 radical (unpaired) electrons. The number of aromatic nitrogens is 4. The first-order valence-electron chi connectivity index (χ1n) is 7.30. The number of nitrogens with two attached hydrogens (primary N) is 1. The maximum Gasteiger partial charge on any atom is 0.182 e. The van der Waals surface area contributed by atoms with Gasteiger partial charge in [0.15, 0.2) is 5.82 Å². The van der Waals surface area contributed by atoms with Crippen molar-refractivity contribution in [2.75, 3.05) is 12.3 Å². The number of hydrogen-bond acceptors (Lipinski definition) is 5. The van der Waals surface area contributed by atoms with Gasteiger partial charge in [0.25, 0.3) is 0 Å². The number of nitrogens with zero attached hydrogens (tertiary/aromatic N) is 4. The number of anilines is 1. The van der Waals surface area contributed by atoms with Gasteiger partial charge in [0, 0.05) is 12.1 Å². The summed E-state index contributed by atoms with van der Waals surface area (Å²) in [6.45, 7) is 7.93. The number of nitrogen functional groups attached to an aromatic ring is 1. The molecule has 1 aliphatic carbocycles. The van der Waals surface area contributed by atoms with Crippen LogP contribution < -0.4 is 10.5 Å². The topological polar surface area (TPSA) is 78.9 Å². The van der Waals surface area contributed by atoms with Gasteiger partial charge in [-0.1, -0.05) is 13.8 Å². The SMILES string of the molecule is CCOc1ccc(-c2nnnn2CC2CC2(C)C)cc1N. The summed E-state index contributed by atoms with van der Waals surface area (Å²) < 4.78 is 7.33. The molecule has 0 bridgehead atoms. The second kappa shape index (κ2) is 5.02. The Morgan fingerprint density at radius 1 is 1.43 bits per heavy atom. The third kappa shape index (κ3) is 2.70. The monoisotopic (exact) mass is 287 g/mol. The predicted molar refractivity (Wildman–Crippen MR) is 80.7 cm³/mol. The summed E-state index contributed by atoms with van der Waals surface area (Å²) in [5.41, 5.74) is 7.94. The zero-order valence-corrected chi connectivity index (χ0v) is 12.7. The molecule has 112 valence electrons. The van der Waals surface area contributed by atoms with Crippen molar-refractivity contribution in [3.05, 3.63) is 18.2 Å². The van der Waals surface area contributed by atoms with Crippen molar-refractivity contribution < 1.29 is 4.74 Å². The molecular weight excluding hydrogens is 266 g/mol. The lowest BCUT2D eigenvalue weighted by Crippen LogP contribution is -2.07. The van der Waals surface area contributed by atoms with Crippen LogP contribution in [0.3, 0.4) is 0 Å². The van der Waals surface area contributed by atoms with E-state index >= 15 is 0 Å². The van der Waals surface area contributed by atoms with E-state index in [9.17, 15) is 0 Å². The van der Waals surface area contributed by atoms with Crippen LogP contribution in [0.25, 0.3) is 11.4 Å². The number of benzene rings is 1. The summed E-state index contributed by atoms with van der Waals surface area (Å²) in [7, 11) is 0. The van der Waals surface area contributed by atoms with Crippen LogP contribution in [0.5, 0.6) is 5.75 Å². The Morgan fingerprint density at radius 3 is 2.81 bits per heavy atom. The molecule has 0 saturated heterocycles. The second-order valence-electron chi connectivity index (χ2n) is 6.26. The molecule has 21 heavy (non-hydrogen) atoms. The lowest BCUT2D eigenvalue weighted by molar-refractivity contribution is 0.342. The number of rotatable bonds is 5. The summed E-state index contributed by atoms with van der Waals surface area (Å²) in [6, 6.07) is 5.68. The standard InChI is InChI=1S/C15H21N5O/c1-4-21-13-6-5-10(7-12(13)16)14-17-18-19-20(14)9-11-8-15(11,2)3/h5-7,11H,4,8-9,16H2,1-3H3. The Balaban J connectivity index is 1.84. The largest absolute Gasteiger partial charge is 0.492 e. The van der Waals surface area contributed by atoms with Crippen LogP contribution in [0, 0.1) is 11.3 Å². The van der Waals surface area contributed by atoms with Gasteiger partial charge in [-0.05, 0) is 53.3 Å². The second-order valence-corrected chi connectivity index (χ2v) is 6.26. The Kier molecular flexibility index (Phi) is 3.31. The maximum absolute atomic E-state index is 6.02. The first kappa shape index (κ1) is 13.9. The zero-order valence-electron chi connectivity index (χ0n) is 12.7. The van der Waals surface area contributed by atoms with Crippen LogP contribution in [-0.4, -0.2) is 26.8 Å². The predicted octanol–water partition coefficient (Wildman–Crippen LogP) is 2.37. The van der Waals surface area contributed by atoms with Crippen molar-refractivity contribution in [2.45, 2.75) is 33.7 Å². The average molecular weight is 287 g/mol. The molecule has 6 nitrogen and oxygen atoms in total. The van der Waals surface area contributed by atoms with Crippen molar-refractivity contribution in [1.29, 1.82) is 0 Å². The van der Waals surface area contributed by atoms with Gasteiger partial charge in [0.2, 0.25) is 0 Å². The molecule has 1 aromatic carbocycles. The minimum absolute atomic E-state index is 0.404. The van der Waals surface area contributed by atoms with Crippen LogP contribution in [0.15, 0.2) is 18.2 Å². The van der Waals surface area contributed by atoms with Gasteiger partial charge in [0.1, 0.15) is 5.75 Å². The highest BCUT2D eigenvalue weighted by atomic mass is 16.5. The molecule has 2 N–H and O–H groups in total. The Hall–Kier alpha value is -2.11. The quantitative estimate of drug-likeness (QED) is 0.854. The van der Waals surface area contributed by atoms with Crippen molar-refractivity contribution >= 4 is 5.69 Å². The molecule has 2 aromatic rings. The fourth-order valence-corrected chi connectivity index (χ4v) is 2.61. The summed E-state index contributed by atoms with van der Waals surface area (Å²) in [4.78, 5) is 0. The molecule has 1 fully saturated rings. The Bertz CT molecular complexity index is 649. The van der Waals surface area contributed by atoms with E-state index in [-0.39, 0.29) is 0 Å². The number of hydrogen-bond donors (Lipinski definition) is 1. The number of tetrazole rings is 1. The van der Waals surface area contributed by atoms with Crippen LogP contribution in [0.2, 0.25) is 0 Å². The van der Waals surface area contributed by atoms with Crippen LogP contribution in [0.4, 0.5) is 5.69 Å². The normalized spacial score (nSPS) is 19.5. The van der Waals surface area contributed by atoms with E-state index in [1.54, 1.807) is 0 Å². The molecule has 1 atom stereocenters. The zero-order chi connectivity index (χ0) is 15.0. The first-order valence-corrected chi connectivity index (χ1v) is 7.30. The van der Waals surface area contributed by atoms with E-state index in [0.29, 0.717) is 29.4 Å². The third-order valence-corrected chi connectivity index (χ3v) is 4.21. The molecule has 0 aliphatic heterocycles. The third-order valence-electron chi connectivity index (χ3n) is 4.21. The van der Waals surface area contributed by atoms with E-state index in [2.05, 4.69) is 29.4 Å². The highest BCUT2D eigenvalue weighted by Crippen LogP contribution is 2.52. The molecule has 0 spiro atoms. The van der Waals surface area contributed by atoms with Crippen molar-refractivity contribution in [3.63, 3.8) is 0 Å². The minimum Gasteiger partial charge on any atom is -0.492 e. The lowest BCUT2D eigenvalue weighted by atomic mass is 10.1. The van der Waals surface area contributed by atoms with E-state index < -0.39 is 0 Å². The van der Waals surface area contributed by atoms with Gasteiger partial charge in [-0.15, -0.1) is 5.10 Å². The highest BCUT2D eigenvalue weighted by Gasteiger charge is 2.46. The smallest absolute Gasteiger partial charge is 0.182 e. The number of ether oxygens (including phenoxy) is 1. The molecular formula is C15H21N5O. The summed E-state index contributed by atoms with van der Waals surface area (Å²) >= 11 is 0. The fraction of sp³-hybridized carbons (Fsp3) is 0.533. The van der Waals surface area contributed by atoms with E-state index in [4.69, 9.17) is 10.5 Å². The average Bonchev–Trinajstić information content (AvgIpc) is 2.85. The van der Waals surface area contributed by atoms with E-state index in [1.807, 2.05) is 29.8 Å². The van der Waals surface area contributed by atoms with E-state index in [1.165, 1.54) is 6.42 Å². The lowest BCUT2D eigenvalue weighted by Gasteiger charge is -2.09. The van der Waals surface area contributed by atoms with Crippen molar-refractivity contribution in [2.24, 2.45) is 11.3 Å². The Morgan fingerprint density at radius 2 is 2.19 bits per heavy atom. The van der Waals surface area contributed by atoms with Crippen LogP contribution >= 0.6 is 0 Å². The summed E-state index contributed by atoms with van der Waals surface area (Å²) in [5, 5.41) is 12.1. The van der Waals surface area contributed by atoms with Gasteiger partial charge >= 0.3 is 0 Å². The molecule has 1 heterocycles. The molecule has 6 heteroatoms. The minimum atomic E-state index is 0.404. The van der Waals surface area contributed by atoms with Gasteiger partial charge in [-0.25, -0.2) is 4.68 Å². The highest BCUT2D eigenvalue weighted by molar-refractivity contribution is 5.66. The summed E-state index contributed by atoms with van der Waals surface area (Å²) in [6.07, 6.45) is 1.22. The fourth-order valence-electron chi connectivity index (χ4n) is 2.61. The van der Waals surface area contributed by atoms with Gasteiger partial charge in [-0.2, -0.15) is 0 Å². The van der Waals surface area contributed by atoms with Crippen molar-refractivity contribution in [3.8, 4) is 17.1 Å². The van der Waals surface area contributed by atoms with Gasteiger partial charge in [0.05, 0.1) is 12.3 Å². The van der Waals surface area contributed by atoms with Crippen molar-refractivity contribution in [1.82, 2.24) is 20.2 Å². The van der Waals surface area contributed by atoms with Gasteiger partial charge in [-0.3, -0.25) is 0 Å². The molecule has 0 amide bonds. The molecule has 1 saturated carbocycles. The van der Waals surface area contributed by atoms with Crippen LogP contribution in [0.1, 0.15) is 27.2 Å². The van der Waals surface area contributed by atoms with Gasteiger partial charge < -0.3 is 10.5 Å². The van der Waals surface area contributed by atoms with E-state index in [0.717, 1.165) is 17.9 Å². The molecule has 1 aromatic heterocycles. The molecule has 3 rings (SSSR count). The first-order chi connectivity index (χ1) is 10.0. The summed E-state index contributed by atoms with van der Waals surface area (Å²) in [5.74, 6) is 2.09. The maximum atomic E-state index is 6.02. The molecule has 1 aliphatic rings.